The fourth-order valence-corrected chi connectivity index (χ4v) is 1.89. The molecule has 1 saturated heterocycles. The van der Waals surface area contributed by atoms with Crippen LogP contribution < -0.4 is 5.32 Å². The average Bonchev–Trinajstić information content (AvgIpc) is 2.46. The summed E-state index contributed by atoms with van der Waals surface area (Å²) >= 11 is 0. The first kappa shape index (κ1) is 16.5. The molecule has 1 aliphatic heterocycles. The van der Waals surface area contributed by atoms with Gasteiger partial charge in [0.25, 0.3) is 5.91 Å². The highest BCUT2D eigenvalue weighted by atomic mass is 16.4. The maximum atomic E-state index is 12.1. The number of hydrogen-bond donors (Lipinski definition) is 2. The van der Waals surface area contributed by atoms with Crippen molar-refractivity contribution in [2.75, 3.05) is 32.7 Å². The van der Waals surface area contributed by atoms with E-state index < -0.39 is 11.9 Å². The molecule has 1 heterocycles. The van der Waals surface area contributed by atoms with Crippen molar-refractivity contribution < 1.29 is 19.5 Å². The first-order valence-corrected chi connectivity index (χ1v) is 6.56. The Morgan fingerprint density at radius 2 is 1.81 bits per heavy atom. The van der Waals surface area contributed by atoms with Gasteiger partial charge < -0.3 is 20.2 Å². The van der Waals surface area contributed by atoms with Crippen LogP contribution in [0.25, 0.3) is 0 Å². The summed E-state index contributed by atoms with van der Waals surface area (Å²) in [5.74, 6) is -1.40. The maximum Gasteiger partial charge on any atom is 0.305 e. The van der Waals surface area contributed by atoms with Gasteiger partial charge in [-0.05, 0) is 0 Å². The van der Waals surface area contributed by atoms with Crippen LogP contribution in [0, 0.1) is 11.3 Å². The van der Waals surface area contributed by atoms with Crippen molar-refractivity contribution in [3.63, 3.8) is 0 Å². The molecule has 0 aromatic rings. The molecule has 8 nitrogen and oxygen atoms in total. The Morgan fingerprint density at radius 3 is 2.29 bits per heavy atom. The van der Waals surface area contributed by atoms with Crippen LogP contribution in [0.4, 0.5) is 0 Å². The van der Waals surface area contributed by atoms with Crippen LogP contribution in [-0.4, -0.2) is 65.4 Å². The third kappa shape index (κ3) is 5.14. The summed E-state index contributed by atoms with van der Waals surface area (Å²) in [6.45, 7) is 3.29. The van der Waals surface area contributed by atoms with E-state index in [2.05, 4.69) is 5.32 Å². The third-order valence-corrected chi connectivity index (χ3v) is 3.09. The molecule has 0 unspecified atom stereocenters. The van der Waals surface area contributed by atoms with Crippen molar-refractivity contribution in [2.45, 2.75) is 13.3 Å². The van der Waals surface area contributed by atoms with Gasteiger partial charge in [-0.2, -0.15) is 5.26 Å². The second-order valence-electron chi connectivity index (χ2n) is 4.57. The lowest BCUT2D eigenvalue weighted by atomic mass is 10.2. The third-order valence-electron chi connectivity index (χ3n) is 3.09. The van der Waals surface area contributed by atoms with Gasteiger partial charge in [-0.25, -0.2) is 0 Å². The van der Waals surface area contributed by atoms with Crippen molar-refractivity contribution in [3.8, 4) is 6.07 Å². The van der Waals surface area contributed by atoms with Crippen LogP contribution in [0.5, 0.6) is 0 Å². The summed E-state index contributed by atoms with van der Waals surface area (Å²) in [6, 6.07) is 1.80. The number of nitrogens with zero attached hydrogens (tertiary/aromatic N) is 3. The van der Waals surface area contributed by atoms with Crippen LogP contribution >= 0.6 is 0 Å². The molecule has 0 spiro atoms. The molecule has 0 bridgehead atoms. The Labute approximate surface area is 122 Å². The topological polar surface area (TPSA) is 114 Å². The minimum Gasteiger partial charge on any atom is -0.481 e. The lowest BCUT2D eigenvalue weighted by molar-refractivity contribution is -0.137. The summed E-state index contributed by atoms with van der Waals surface area (Å²) in [5, 5.41) is 20.1. The smallest absolute Gasteiger partial charge is 0.305 e. The first-order valence-electron chi connectivity index (χ1n) is 6.56. The lowest BCUT2D eigenvalue weighted by Gasteiger charge is -2.34. The van der Waals surface area contributed by atoms with Gasteiger partial charge in [0, 0.05) is 45.8 Å². The molecular formula is C13H18N4O4. The van der Waals surface area contributed by atoms with E-state index in [1.165, 1.54) is 18.0 Å². The summed E-state index contributed by atoms with van der Waals surface area (Å²) in [5.41, 5.74) is -0.0725. The van der Waals surface area contributed by atoms with Crippen molar-refractivity contribution >= 4 is 17.8 Å². The van der Waals surface area contributed by atoms with E-state index in [-0.39, 0.29) is 24.4 Å². The van der Waals surface area contributed by atoms with E-state index in [0.29, 0.717) is 26.2 Å². The maximum absolute atomic E-state index is 12.1. The molecule has 0 aromatic carbocycles. The predicted molar refractivity (Wildman–Crippen MR) is 72.8 cm³/mol. The average molecular weight is 294 g/mol. The fourth-order valence-electron chi connectivity index (χ4n) is 1.89. The van der Waals surface area contributed by atoms with Gasteiger partial charge in [0.1, 0.15) is 11.6 Å². The first-order chi connectivity index (χ1) is 9.95. The van der Waals surface area contributed by atoms with Gasteiger partial charge in [0.2, 0.25) is 5.91 Å². The van der Waals surface area contributed by atoms with Gasteiger partial charge >= 0.3 is 5.97 Å². The van der Waals surface area contributed by atoms with Crippen LogP contribution in [-0.2, 0) is 14.4 Å². The molecule has 0 aliphatic carbocycles. The zero-order chi connectivity index (χ0) is 15.8. The summed E-state index contributed by atoms with van der Waals surface area (Å²) in [7, 11) is 0. The van der Waals surface area contributed by atoms with Gasteiger partial charge in [0.05, 0.1) is 6.42 Å². The molecule has 1 fully saturated rings. The Balaban J connectivity index is 2.52. The number of carbonyl (C=O) groups excluding carboxylic acids is 2. The Morgan fingerprint density at radius 1 is 1.24 bits per heavy atom. The van der Waals surface area contributed by atoms with Crippen molar-refractivity contribution in [3.05, 3.63) is 11.8 Å². The van der Waals surface area contributed by atoms with E-state index in [1.807, 2.05) is 0 Å². The number of rotatable bonds is 5. The number of nitrogens with one attached hydrogen (secondary N) is 1. The van der Waals surface area contributed by atoms with Crippen molar-refractivity contribution in [1.82, 2.24) is 15.1 Å². The standard InChI is InChI=1S/C13H18N4O4/c1-10(18)16-4-6-17(7-5-16)13(21)11(8-14)9-15-3-2-12(19)20/h9,15H,2-7H2,1H3,(H,19,20)/b11-9-. The Hall–Kier alpha value is -2.56. The van der Waals surface area contributed by atoms with E-state index in [1.54, 1.807) is 11.0 Å². The van der Waals surface area contributed by atoms with Crippen LogP contribution in [0.15, 0.2) is 11.8 Å². The number of nitriles is 1. The zero-order valence-corrected chi connectivity index (χ0v) is 11.8. The molecule has 1 aliphatic rings. The molecule has 21 heavy (non-hydrogen) atoms. The predicted octanol–water partition coefficient (Wildman–Crippen LogP) is -0.851. The number of hydrogen-bond acceptors (Lipinski definition) is 5. The minimum absolute atomic E-state index is 0.0338. The summed E-state index contributed by atoms with van der Waals surface area (Å²) in [4.78, 5) is 36.8. The molecule has 2 amide bonds. The van der Waals surface area contributed by atoms with E-state index in [9.17, 15) is 14.4 Å². The van der Waals surface area contributed by atoms with Crippen molar-refractivity contribution in [2.24, 2.45) is 0 Å². The number of carboxylic acids is 1. The van der Waals surface area contributed by atoms with Crippen LogP contribution in [0.2, 0.25) is 0 Å². The van der Waals surface area contributed by atoms with Crippen LogP contribution in [0.1, 0.15) is 13.3 Å². The number of carbonyl (C=O) groups is 3. The van der Waals surface area contributed by atoms with Gasteiger partial charge in [-0.15, -0.1) is 0 Å². The zero-order valence-electron chi connectivity index (χ0n) is 11.8. The molecule has 8 heteroatoms. The highest BCUT2D eigenvalue weighted by molar-refractivity contribution is 5.97. The largest absolute Gasteiger partial charge is 0.481 e. The molecule has 114 valence electrons. The number of amides is 2. The second-order valence-corrected chi connectivity index (χ2v) is 4.57. The molecular weight excluding hydrogens is 276 g/mol. The molecule has 0 atom stereocenters. The lowest BCUT2D eigenvalue weighted by Crippen LogP contribution is -2.50. The minimum atomic E-state index is -0.957. The summed E-state index contributed by atoms with van der Waals surface area (Å²) in [6.07, 6.45) is 1.14. The van der Waals surface area contributed by atoms with Gasteiger partial charge in [-0.1, -0.05) is 0 Å². The number of carboxylic acid groups (broad SMARTS) is 1. The van der Waals surface area contributed by atoms with Crippen molar-refractivity contribution in [1.29, 1.82) is 5.26 Å². The SMILES string of the molecule is CC(=O)N1CCN(C(=O)/C(C#N)=C\NCCC(=O)O)CC1. The molecule has 0 aromatic heterocycles. The number of piperazine rings is 1. The highest BCUT2D eigenvalue weighted by Crippen LogP contribution is 2.06. The van der Waals surface area contributed by atoms with Crippen LogP contribution in [0.3, 0.4) is 0 Å². The number of aliphatic carboxylic acids is 1. The second kappa shape index (κ2) is 7.89. The normalized spacial score (nSPS) is 15.3. The Bertz CT molecular complexity index is 487. The summed E-state index contributed by atoms with van der Waals surface area (Å²) < 4.78 is 0. The quantitative estimate of drug-likeness (QED) is 0.388. The fraction of sp³-hybridized carbons (Fsp3) is 0.538. The van der Waals surface area contributed by atoms with E-state index in [4.69, 9.17) is 10.4 Å². The highest BCUT2D eigenvalue weighted by Gasteiger charge is 2.24. The Kier molecular flexibility index (Phi) is 6.20. The van der Waals surface area contributed by atoms with E-state index >= 15 is 0 Å². The van der Waals surface area contributed by atoms with Gasteiger partial charge in [-0.3, -0.25) is 14.4 Å². The molecule has 0 saturated carbocycles. The molecule has 1 rings (SSSR count). The van der Waals surface area contributed by atoms with E-state index in [0.717, 1.165) is 0 Å². The molecule has 2 N–H and O–H groups in total. The molecule has 0 radical (unpaired) electrons. The van der Waals surface area contributed by atoms with Gasteiger partial charge in [0.15, 0.2) is 0 Å². The monoisotopic (exact) mass is 294 g/mol.